The topological polar surface area (TPSA) is 69.2 Å². The van der Waals surface area contributed by atoms with Crippen molar-refractivity contribution in [1.29, 1.82) is 0 Å². The van der Waals surface area contributed by atoms with Gasteiger partial charge in [-0.2, -0.15) is 5.10 Å². The Hall–Kier alpha value is -2.24. The number of carbonyl (C=O) groups is 1. The number of hydrazone groups is 1. The van der Waals surface area contributed by atoms with Crippen LogP contribution < -0.4 is 19.6 Å². The van der Waals surface area contributed by atoms with Crippen LogP contribution in [0.2, 0.25) is 0 Å². The van der Waals surface area contributed by atoms with Crippen LogP contribution >= 0.6 is 0 Å². The van der Waals surface area contributed by atoms with Crippen molar-refractivity contribution < 1.29 is 19.0 Å². The second-order valence-electron chi connectivity index (χ2n) is 5.41. The second kappa shape index (κ2) is 11.3. The van der Waals surface area contributed by atoms with Gasteiger partial charge in [-0.05, 0) is 12.5 Å². The van der Waals surface area contributed by atoms with Gasteiger partial charge in [0.05, 0.1) is 27.5 Å². The Bertz CT molecular complexity index is 544. The smallest absolute Gasteiger partial charge is 0.240 e. The molecule has 1 N–H and O–H groups in total. The summed E-state index contributed by atoms with van der Waals surface area (Å²) in [6.45, 7) is 2.17. The molecule has 0 fully saturated rings. The van der Waals surface area contributed by atoms with Gasteiger partial charge in [0.25, 0.3) is 0 Å². The van der Waals surface area contributed by atoms with E-state index in [1.165, 1.54) is 25.5 Å². The van der Waals surface area contributed by atoms with Crippen LogP contribution in [-0.4, -0.2) is 33.5 Å². The predicted molar refractivity (Wildman–Crippen MR) is 95.2 cm³/mol. The molecule has 0 unspecified atom stereocenters. The molecule has 0 aliphatic heterocycles. The standard InChI is InChI=1S/C18H28N2O4/c1-5-6-7-8-9-10-18(21)20-19-13-14-11-16(23-3)17(24-4)12-15(14)22-2/h11-13H,5-10H2,1-4H3,(H,20,21). The molecule has 134 valence electrons. The normalized spacial score (nSPS) is 10.7. The van der Waals surface area contributed by atoms with Crippen molar-refractivity contribution in [1.82, 2.24) is 5.43 Å². The first kappa shape index (κ1) is 19.8. The molecule has 0 heterocycles. The third-order valence-corrected chi connectivity index (χ3v) is 3.64. The summed E-state index contributed by atoms with van der Waals surface area (Å²) in [7, 11) is 4.69. The van der Waals surface area contributed by atoms with Gasteiger partial charge in [-0.3, -0.25) is 4.79 Å². The van der Waals surface area contributed by atoms with Crippen molar-refractivity contribution in [2.45, 2.75) is 45.4 Å². The molecule has 0 aliphatic carbocycles. The predicted octanol–water partition coefficient (Wildman–Crippen LogP) is 3.52. The third-order valence-electron chi connectivity index (χ3n) is 3.64. The van der Waals surface area contributed by atoms with Gasteiger partial charge >= 0.3 is 0 Å². The molecule has 0 saturated heterocycles. The van der Waals surface area contributed by atoms with Crippen LogP contribution in [0.3, 0.4) is 0 Å². The fourth-order valence-electron chi connectivity index (χ4n) is 2.27. The minimum Gasteiger partial charge on any atom is -0.496 e. The molecule has 6 nitrogen and oxygen atoms in total. The highest BCUT2D eigenvalue weighted by molar-refractivity contribution is 5.86. The summed E-state index contributed by atoms with van der Waals surface area (Å²) in [5.41, 5.74) is 3.24. The Morgan fingerprint density at radius 3 is 2.25 bits per heavy atom. The summed E-state index contributed by atoms with van der Waals surface area (Å²) in [4.78, 5) is 11.7. The number of hydrogen-bond acceptors (Lipinski definition) is 5. The molecule has 0 aromatic heterocycles. The van der Waals surface area contributed by atoms with Gasteiger partial charge in [-0.15, -0.1) is 0 Å². The number of rotatable bonds is 11. The fraction of sp³-hybridized carbons (Fsp3) is 0.556. The first-order chi connectivity index (χ1) is 11.7. The van der Waals surface area contributed by atoms with Gasteiger partial charge in [-0.1, -0.05) is 32.6 Å². The SMILES string of the molecule is CCCCCCCC(=O)NN=Cc1cc(OC)c(OC)cc1OC. The van der Waals surface area contributed by atoms with Gasteiger partial charge in [-0.25, -0.2) is 5.43 Å². The molecular weight excluding hydrogens is 308 g/mol. The Balaban J connectivity index is 2.58. The largest absolute Gasteiger partial charge is 0.496 e. The van der Waals surface area contributed by atoms with E-state index in [1.807, 2.05) is 0 Å². The maximum atomic E-state index is 11.7. The maximum Gasteiger partial charge on any atom is 0.240 e. The highest BCUT2D eigenvalue weighted by Crippen LogP contribution is 2.33. The van der Waals surface area contributed by atoms with Gasteiger partial charge in [0.15, 0.2) is 11.5 Å². The van der Waals surface area contributed by atoms with Crippen molar-refractivity contribution in [2.75, 3.05) is 21.3 Å². The van der Waals surface area contributed by atoms with E-state index in [4.69, 9.17) is 14.2 Å². The molecular formula is C18H28N2O4. The molecule has 0 atom stereocenters. The number of methoxy groups -OCH3 is 3. The Morgan fingerprint density at radius 1 is 1.00 bits per heavy atom. The summed E-state index contributed by atoms with van der Waals surface area (Å²) in [6, 6.07) is 3.47. The molecule has 24 heavy (non-hydrogen) atoms. The van der Waals surface area contributed by atoms with E-state index in [-0.39, 0.29) is 5.91 Å². The van der Waals surface area contributed by atoms with Crippen molar-refractivity contribution in [3.8, 4) is 17.2 Å². The van der Waals surface area contributed by atoms with Gasteiger partial charge in [0.1, 0.15) is 5.75 Å². The summed E-state index contributed by atoms with van der Waals surface area (Å²) in [5, 5.41) is 4.00. The number of nitrogens with zero attached hydrogens (tertiary/aromatic N) is 1. The van der Waals surface area contributed by atoms with E-state index < -0.39 is 0 Å². The molecule has 0 aliphatic rings. The van der Waals surface area contributed by atoms with Crippen LogP contribution in [0, 0.1) is 0 Å². The third kappa shape index (κ3) is 6.48. The molecule has 1 amide bonds. The number of carbonyl (C=O) groups excluding carboxylic acids is 1. The van der Waals surface area contributed by atoms with Crippen molar-refractivity contribution in [3.05, 3.63) is 17.7 Å². The van der Waals surface area contributed by atoms with Gasteiger partial charge in [0, 0.05) is 18.1 Å². The van der Waals surface area contributed by atoms with E-state index in [0.29, 0.717) is 29.2 Å². The maximum absolute atomic E-state index is 11.7. The van der Waals surface area contributed by atoms with Crippen LogP contribution in [0.15, 0.2) is 17.2 Å². The first-order valence-electron chi connectivity index (χ1n) is 8.28. The van der Waals surface area contributed by atoms with Crippen molar-refractivity contribution in [3.63, 3.8) is 0 Å². The average molecular weight is 336 g/mol. The summed E-state index contributed by atoms with van der Waals surface area (Å²) in [5.74, 6) is 1.65. The van der Waals surface area contributed by atoms with E-state index in [1.54, 1.807) is 33.5 Å². The molecule has 0 saturated carbocycles. The van der Waals surface area contributed by atoms with Crippen LogP contribution in [0.5, 0.6) is 17.2 Å². The van der Waals surface area contributed by atoms with E-state index in [9.17, 15) is 4.79 Å². The highest BCUT2D eigenvalue weighted by atomic mass is 16.5. The zero-order valence-electron chi connectivity index (χ0n) is 15.1. The molecule has 1 rings (SSSR count). The van der Waals surface area contributed by atoms with E-state index in [2.05, 4.69) is 17.5 Å². The lowest BCUT2D eigenvalue weighted by Gasteiger charge is -2.11. The molecule has 0 radical (unpaired) electrons. The molecule has 1 aromatic carbocycles. The van der Waals surface area contributed by atoms with Crippen molar-refractivity contribution >= 4 is 12.1 Å². The Labute approximate surface area is 144 Å². The monoisotopic (exact) mass is 336 g/mol. The lowest BCUT2D eigenvalue weighted by molar-refractivity contribution is -0.121. The number of unbranched alkanes of at least 4 members (excludes halogenated alkanes) is 4. The Morgan fingerprint density at radius 2 is 1.62 bits per heavy atom. The molecule has 6 heteroatoms. The summed E-state index contributed by atoms with van der Waals surface area (Å²) >= 11 is 0. The highest BCUT2D eigenvalue weighted by Gasteiger charge is 2.10. The number of amides is 1. The second-order valence-corrected chi connectivity index (χ2v) is 5.41. The zero-order valence-corrected chi connectivity index (χ0v) is 15.1. The number of benzene rings is 1. The zero-order chi connectivity index (χ0) is 17.8. The lowest BCUT2D eigenvalue weighted by atomic mass is 10.1. The quantitative estimate of drug-likeness (QED) is 0.381. The minimum atomic E-state index is -0.0813. The first-order valence-corrected chi connectivity index (χ1v) is 8.28. The Kier molecular flexibility index (Phi) is 9.34. The molecule has 1 aromatic rings. The summed E-state index contributed by atoms with van der Waals surface area (Å²) in [6.07, 6.45) is 7.59. The van der Waals surface area contributed by atoms with Gasteiger partial charge in [0.2, 0.25) is 5.91 Å². The van der Waals surface area contributed by atoms with Crippen molar-refractivity contribution in [2.24, 2.45) is 5.10 Å². The number of ether oxygens (including phenoxy) is 3. The van der Waals surface area contributed by atoms with E-state index >= 15 is 0 Å². The fourth-order valence-corrected chi connectivity index (χ4v) is 2.27. The minimum absolute atomic E-state index is 0.0813. The average Bonchev–Trinajstić information content (AvgIpc) is 2.60. The van der Waals surface area contributed by atoms with Crippen LogP contribution in [-0.2, 0) is 4.79 Å². The number of nitrogens with one attached hydrogen (secondary N) is 1. The van der Waals surface area contributed by atoms with Crippen LogP contribution in [0.4, 0.5) is 0 Å². The molecule has 0 spiro atoms. The molecule has 0 bridgehead atoms. The van der Waals surface area contributed by atoms with Crippen LogP contribution in [0.1, 0.15) is 51.0 Å². The van der Waals surface area contributed by atoms with Gasteiger partial charge < -0.3 is 14.2 Å². The lowest BCUT2D eigenvalue weighted by Crippen LogP contribution is -2.17. The van der Waals surface area contributed by atoms with Crippen LogP contribution in [0.25, 0.3) is 0 Å². The van der Waals surface area contributed by atoms with E-state index in [0.717, 1.165) is 12.8 Å². The number of hydrogen-bond donors (Lipinski definition) is 1. The summed E-state index contributed by atoms with van der Waals surface area (Å²) < 4.78 is 15.8.